The van der Waals surface area contributed by atoms with Crippen LogP contribution in [0.25, 0.3) is 0 Å². The van der Waals surface area contributed by atoms with Crippen LogP contribution in [-0.4, -0.2) is 26.5 Å². The summed E-state index contributed by atoms with van der Waals surface area (Å²) in [6, 6.07) is 24.6. The van der Waals surface area contributed by atoms with Gasteiger partial charge in [0, 0.05) is 25.5 Å². The molecule has 2 aliphatic heterocycles. The number of nitro groups is 1. The number of hydrogen-bond donors (Lipinski definition) is 0. The molecule has 0 amide bonds. The smallest absolute Gasteiger partial charge is 0.271 e. The van der Waals surface area contributed by atoms with Gasteiger partial charge in [0.1, 0.15) is 0 Å². The van der Waals surface area contributed by atoms with Crippen LogP contribution in [0.2, 0.25) is 0 Å². The van der Waals surface area contributed by atoms with Gasteiger partial charge in [-0.25, -0.2) is 10.0 Å². The fraction of sp³-hybridized carbons (Fsp3) is 0.250. The Kier molecular flexibility index (Phi) is 6.55. The van der Waals surface area contributed by atoms with Crippen LogP contribution in [0.15, 0.2) is 89.1 Å². The van der Waals surface area contributed by atoms with Gasteiger partial charge < -0.3 is 0 Å². The number of thioether (sulfide) groups is 1. The van der Waals surface area contributed by atoms with E-state index < -0.39 is 9.92 Å². The van der Waals surface area contributed by atoms with Crippen LogP contribution in [0.1, 0.15) is 50.7 Å². The van der Waals surface area contributed by atoms with E-state index in [4.69, 9.17) is 5.10 Å². The van der Waals surface area contributed by atoms with Crippen LogP contribution in [-0.2, 0) is 4.79 Å². The molecule has 0 aromatic heterocycles. The zero-order valence-corrected chi connectivity index (χ0v) is 21.7. The Morgan fingerprint density at radius 1 is 0.973 bits per heavy atom. The highest BCUT2D eigenvalue weighted by Crippen LogP contribution is 2.50. The number of carbonyl (C=O) groups is 1. The monoisotopic (exact) mass is 513 g/mol. The van der Waals surface area contributed by atoms with Crippen LogP contribution in [0.4, 0.5) is 17.1 Å². The van der Waals surface area contributed by atoms with Crippen molar-refractivity contribution < 1.29 is 9.72 Å². The minimum atomic E-state index is -0.904. The fourth-order valence-corrected chi connectivity index (χ4v) is 5.79. The summed E-state index contributed by atoms with van der Waals surface area (Å²) < 4.78 is 0. The quantitative estimate of drug-likeness (QED) is 0.275. The Bertz CT molecular complexity index is 1400. The molecule has 8 nitrogen and oxygen atoms in total. The molecular formula is C28H27N5O3S. The van der Waals surface area contributed by atoms with Gasteiger partial charge in [0.05, 0.1) is 22.0 Å². The van der Waals surface area contributed by atoms with Crippen molar-refractivity contribution in [2.45, 2.75) is 44.5 Å². The molecule has 2 heterocycles. The first kappa shape index (κ1) is 24.7. The van der Waals surface area contributed by atoms with Crippen molar-refractivity contribution in [3.63, 3.8) is 0 Å². The van der Waals surface area contributed by atoms with Gasteiger partial charge in [0.2, 0.25) is 4.99 Å². The van der Waals surface area contributed by atoms with Gasteiger partial charge in [-0.3, -0.25) is 14.9 Å². The number of rotatable bonds is 6. The maximum absolute atomic E-state index is 12.5. The highest BCUT2D eigenvalue weighted by Gasteiger charge is 2.53. The number of carbonyl (C=O) groups excluding carboxylic acids is 1. The summed E-state index contributed by atoms with van der Waals surface area (Å²) >= 11 is 1.34. The van der Waals surface area contributed by atoms with Crippen molar-refractivity contribution in [2.75, 3.05) is 10.0 Å². The van der Waals surface area contributed by atoms with E-state index in [0.717, 1.165) is 17.0 Å². The lowest BCUT2D eigenvalue weighted by Gasteiger charge is -2.46. The maximum Gasteiger partial charge on any atom is 0.271 e. The summed E-state index contributed by atoms with van der Waals surface area (Å²) in [5.74, 6) is 0.274. The number of anilines is 2. The third kappa shape index (κ3) is 4.62. The van der Waals surface area contributed by atoms with E-state index in [0.29, 0.717) is 29.5 Å². The van der Waals surface area contributed by atoms with Crippen LogP contribution in [0.5, 0.6) is 0 Å². The Labute approximate surface area is 219 Å². The van der Waals surface area contributed by atoms with E-state index >= 15 is 0 Å². The average Bonchev–Trinajstić information content (AvgIpc) is 3.29. The molecule has 1 spiro atoms. The number of ketones is 1. The van der Waals surface area contributed by atoms with E-state index in [2.05, 4.69) is 43.2 Å². The standard InChI is InChI=1S/C28H27N5O3S/c1-19(2)21-12-14-22(15-13-21)26-16-17-28(31(29-26)23-8-5-4-6-9-23)32(30-27(37-28)20(3)34)24-10-7-11-25(18-24)33(35)36/h4-15,18-19H,16-17H2,1-3H3. The molecule has 0 fully saturated rings. The van der Waals surface area contributed by atoms with Crippen molar-refractivity contribution in [3.05, 3.63) is 100 Å². The Morgan fingerprint density at radius 3 is 2.30 bits per heavy atom. The van der Waals surface area contributed by atoms with Crippen LogP contribution >= 0.6 is 11.8 Å². The lowest BCUT2D eigenvalue weighted by Crippen LogP contribution is -2.56. The fourth-order valence-electron chi connectivity index (χ4n) is 4.54. The first-order valence-corrected chi connectivity index (χ1v) is 13.0. The molecule has 0 bridgehead atoms. The van der Waals surface area contributed by atoms with Gasteiger partial charge in [-0.15, -0.1) is 0 Å². The summed E-state index contributed by atoms with van der Waals surface area (Å²) in [4.78, 5) is 22.7. The molecule has 188 valence electrons. The first-order valence-electron chi connectivity index (χ1n) is 12.1. The second-order valence-electron chi connectivity index (χ2n) is 9.37. The van der Waals surface area contributed by atoms with Gasteiger partial charge in [-0.1, -0.05) is 62.4 Å². The molecule has 1 atom stereocenters. The summed E-state index contributed by atoms with van der Waals surface area (Å²) in [5, 5.41) is 25.3. The largest absolute Gasteiger partial charge is 0.292 e. The van der Waals surface area contributed by atoms with E-state index in [1.165, 1.54) is 36.4 Å². The number of nitro benzene ring substituents is 1. The Balaban J connectivity index is 1.64. The van der Waals surface area contributed by atoms with Gasteiger partial charge >= 0.3 is 0 Å². The predicted octanol–water partition coefficient (Wildman–Crippen LogP) is 6.53. The Morgan fingerprint density at radius 2 is 1.65 bits per heavy atom. The number of benzene rings is 3. The molecule has 0 saturated carbocycles. The van der Waals surface area contributed by atoms with Gasteiger partial charge in [-0.2, -0.15) is 10.2 Å². The third-order valence-corrected chi connectivity index (χ3v) is 7.96. The molecule has 2 aliphatic rings. The molecule has 37 heavy (non-hydrogen) atoms. The number of para-hydroxylation sites is 1. The normalized spacial score (nSPS) is 19.2. The molecule has 0 radical (unpaired) electrons. The minimum absolute atomic E-state index is 0.0411. The number of hydrogen-bond acceptors (Lipinski definition) is 8. The van der Waals surface area contributed by atoms with Gasteiger partial charge in [0.15, 0.2) is 10.8 Å². The molecular weight excluding hydrogens is 486 g/mol. The molecule has 0 aliphatic carbocycles. The Hall–Kier alpha value is -3.98. The van der Waals surface area contributed by atoms with Crippen molar-refractivity contribution in [3.8, 4) is 0 Å². The highest BCUT2D eigenvalue weighted by atomic mass is 32.2. The minimum Gasteiger partial charge on any atom is -0.292 e. The molecule has 3 aromatic carbocycles. The lowest BCUT2D eigenvalue weighted by atomic mass is 9.97. The molecule has 0 saturated heterocycles. The first-order chi connectivity index (χ1) is 17.8. The van der Waals surface area contributed by atoms with Crippen molar-refractivity contribution >= 4 is 45.4 Å². The molecule has 3 aromatic rings. The van der Waals surface area contributed by atoms with Crippen molar-refractivity contribution in [2.24, 2.45) is 10.2 Å². The van der Waals surface area contributed by atoms with Crippen molar-refractivity contribution in [1.82, 2.24) is 0 Å². The maximum atomic E-state index is 12.5. The topological polar surface area (TPSA) is 91.4 Å². The predicted molar refractivity (Wildman–Crippen MR) is 149 cm³/mol. The summed E-state index contributed by atoms with van der Waals surface area (Å²) in [6.07, 6.45) is 1.23. The van der Waals surface area contributed by atoms with Gasteiger partial charge in [-0.05, 0) is 53.4 Å². The molecule has 5 rings (SSSR count). The second-order valence-corrected chi connectivity index (χ2v) is 10.6. The zero-order valence-electron chi connectivity index (χ0n) is 20.9. The highest BCUT2D eigenvalue weighted by molar-refractivity contribution is 8.17. The van der Waals surface area contributed by atoms with Crippen molar-refractivity contribution in [1.29, 1.82) is 0 Å². The van der Waals surface area contributed by atoms with E-state index in [1.807, 2.05) is 35.3 Å². The zero-order chi connectivity index (χ0) is 26.2. The SMILES string of the molecule is CC(=O)C1=NN(c2cccc([N+](=O)[O-])c2)C2(CCC(c3ccc(C(C)C)cc3)=NN2c2ccccc2)S1. The average molecular weight is 514 g/mol. The molecule has 9 heteroatoms. The number of nitrogens with zero attached hydrogens (tertiary/aromatic N) is 5. The number of hydrazone groups is 2. The summed E-state index contributed by atoms with van der Waals surface area (Å²) in [6.45, 7) is 5.82. The summed E-state index contributed by atoms with van der Waals surface area (Å²) in [5.41, 5.74) is 4.55. The number of Topliss-reactive ketones (excluding diaryl/α,β-unsaturated/α-hetero) is 1. The van der Waals surface area contributed by atoms with Gasteiger partial charge in [0.25, 0.3) is 5.69 Å². The van der Waals surface area contributed by atoms with Crippen LogP contribution in [0.3, 0.4) is 0 Å². The van der Waals surface area contributed by atoms with E-state index in [-0.39, 0.29) is 11.5 Å². The van der Waals surface area contributed by atoms with E-state index in [9.17, 15) is 14.9 Å². The molecule has 0 N–H and O–H groups in total. The van der Waals surface area contributed by atoms with E-state index in [1.54, 1.807) is 17.1 Å². The number of non-ortho nitro benzene ring substituents is 1. The second kappa shape index (κ2) is 9.82. The van der Waals surface area contributed by atoms with Crippen LogP contribution in [0, 0.1) is 10.1 Å². The lowest BCUT2D eigenvalue weighted by molar-refractivity contribution is -0.384. The van der Waals surface area contributed by atoms with Crippen LogP contribution < -0.4 is 10.0 Å². The third-order valence-electron chi connectivity index (χ3n) is 6.52. The molecule has 1 unspecified atom stereocenters. The summed E-state index contributed by atoms with van der Waals surface area (Å²) in [7, 11) is 0.